The molecule has 1 saturated heterocycles. The maximum absolute atomic E-state index is 6.05. The molecule has 5 heteroatoms. The third-order valence-corrected chi connectivity index (χ3v) is 3.40. The number of hydrogen-bond acceptors (Lipinski definition) is 4. The minimum Gasteiger partial charge on any atom is -0.496 e. The Morgan fingerprint density at radius 1 is 1.44 bits per heavy atom. The lowest BCUT2D eigenvalue weighted by Gasteiger charge is -2.19. The van der Waals surface area contributed by atoms with Crippen molar-refractivity contribution in [2.45, 2.75) is 19.1 Å². The van der Waals surface area contributed by atoms with Crippen LogP contribution in [-0.4, -0.2) is 20.0 Å². The third kappa shape index (κ3) is 1.96. The highest BCUT2D eigenvalue weighted by molar-refractivity contribution is 6.30. The summed E-state index contributed by atoms with van der Waals surface area (Å²) in [6.45, 7) is 0.732. The van der Waals surface area contributed by atoms with Crippen LogP contribution < -0.4 is 10.2 Å². The van der Waals surface area contributed by atoms with Gasteiger partial charge in [-0.05, 0) is 31.0 Å². The van der Waals surface area contributed by atoms with Crippen molar-refractivity contribution in [3.05, 3.63) is 34.4 Å². The zero-order chi connectivity index (χ0) is 12.5. The highest BCUT2D eigenvalue weighted by Gasteiger charge is 2.31. The van der Waals surface area contributed by atoms with Crippen LogP contribution >= 0.6 is 11.6 Å². The molecule has 3 rings (SSSR count). The molecule has 2 heterocycles. The van der Waals surface area contributed by atoms with Gasteiger partial charge in [-0.2, -0.15) is 0 Å². The Morgan fingerprint density at radius 2 is 2.33 bits per heavy atom. The van der Waals surface area contributed by atoms with Gasteiger partial charge in [0.1, 0.15) is 5.75 Å². The molecular formula is C13H14ClNO3. The van der Waals surface area contributed by atoms with Crippen molar-refractivity contribution in [2.24, 2.45) is 0 Å². The summed E-state index contributed by atoms with van der Waals surface area (Å²) in [5, 5.41) is 0.667. The van der Waals surface area contributed by atoms with Gasteiger partial charge in [0, 0.05) is 16.2 Å². The summed E-state index contributed by atoms with van der Waals surface area (Å²) in [5.41, 5.74) is 5.89. The Balaban J connectivity index is 2.06. The predicted molar refractivity (Wildman–Crippen MR) is 68.1 cm³/mol. The van der Waals surface area contributed by atoms with E-state index in [4.69, 9.17) is 25.9 Å². The molecule has 1 N–H and O–H groups in total. The second kappa shape index (κ2) is 4.80. The average Bonchev–Trinajstić information content (AvgIpc) is 2.82. The molecule has 4 nitrogen and oxygen atoms in total. The fourth-order valence-electron chi connectivity index (χ4n) is 2.30. The molecule has 0 bridgehead atoms. The van der Waals surface area contributed by atoms with Crippen molar-refractivity contribution in [2.75, 3.05) is 13.7 Å². The number of rotatable bonds is 2. The molecule has 1 atom stereocenters. The SMILES string of the molecule is COc1ccc(Cl)cc1C1=C2CCCOC2ON1. The van der Waals surface area contributed by atoms with E-state index in [0.717, 1.165) is 42.0 Å². The van der Waals surface area contributed by atoms with Gasteiger partial charge in [-0.3, -0.25) is 5.48 Å². The van der Waals surface area contributed by atoms with Gasteiger partial charge in [-0.1, -0.05) is 11.6 Å². The molecule has 1 aromatic carbocycles. The van der Waals surface area contributed by atoms with Crippen molar-refractivity contribution in [3.8, 4) is 5.75 Å². The minimum atomic E-state index is -0.280. The van der Waals surface area contributed by atoms with Crippen LogP contribution in [0.2, 0.25) is 5.02 Å². The van der Waals surface area contributed by atoms with Gasteiger partial charge < -0.3 is 9.47 Å². The van der Waals surface area contributed by atoms with Gasteiger partial charge in [0.25, 0.3) is 0 Å². The highest BCUT2D eigenvalue weighted by atomic mass is 35.5. The van der Waals surface area contributed by atoms with Crippen LogP contribution in [0.1, 0.15) is 18.4 Å². The zero-order valence-corrected chi connectivity index (χ0v) is 10.8. The van der Waals surface area contributed by atoms with Crippen molar-refractivity contribution < 1.29 is 14.3 Å². The van der Waals surface area contributed by atoms with E-state index in [9.17, 15) is 0 Å². The van der Waals surface area contributed by atoms with Gasteiger partial charge in [0.15, 0.2) is 0 Å². The number of methoxy groups -OCH3 is 1. The van der Waals surface area contributed by atoms with Gasteiger partial charge in [0.05, 0.1) is 19.4 Å². The summed E-state index contributed by atoms with van der Waals surface area (Å²) in [5.74, 6) is 0.768. The molecular weight excluding hydrogens is 254 g/mol. The molecule has 18 heavy (non-hydrogen) atoms. The van der Waals surface area contributed by atoms with Crippen LogP contribution in [0.4, 0.5) is 0 Å². The van der Waals surface area contributed by atoms with E-state index in [1.54, 1.807) is 13.2 Å². The first-order valence-electron chi connectivity index (χ1n) is 5.90. The Bertz CT molecular complexity index is 501. The second-order valence-electron chi connectivity index (χ2n) is 4.27. The number of hydroxylamine groups is 1. The largest absolute Gasteiger partial charge is 0.496 e. The van der Waals surface area contributed by atoms with Crippen LogP contribution in [0.5, 0.6) is 5.75 Å². The molecule has 1 aromatic rings. The van der Waals surface area contributed by atoms with Crippen molar-refractivity contribution in [3.63, 3.8) is 0 Å². The van der Waals surface area contributed by atoms with Crippen LogP contribution in [0.3, 0.4) is 0 Å². The maximum Gasteiger partial charge on any atom is 0.208 e. The maximum atomic E-state index is 6.05. The molecule has 1 unspecified atom stereocenters. The van der Waals surface area contributed by atoms with Crippen LogP contribution in [0.25, 0.3) is 5.70 Å². The molecule has 0 saturated carbocycles. The molecule has 2 aliphatic heterocycles. The first-order valence-corrected chi connectivity index (χ1v) is 6.27. The Hall–Kier alpha value is -1.23. The van der Waals surface area contributed by atoms with Crippen molar-refractivity contribution in [1.29, 1.82) is 0 Å². The standard InChI is InChI=1S/C13H14ClNO3/c1-16-11-5-4-8(14)7-10(11)12-9-3-2-6-17-13(9)18-15-12/h4-5,7,13,15H,2-3,6H2,1H3. The summed E-state index contributed by atoms with van der Waals surface area (Å²) in [6, 6.07) is 5.53. The number of halogens is 1. The van der Waals surface area contributed by atoms with Crippen LogP contribution in [-0.2, 0) is 9.57 Å². The number of nitrogens with one attached hydrogen (secondary N) is 1. The minimum absolute atomic E-state index is 0.280. The van der Waals surface area contributed by atoms with Crippen molar-refractivity contribution >= 4 is 17.3 Å². The lowest BCUT2D eigenvalue weighted by atomic mass is 10.0. The van der Waals surface area contributed by atoms with E-state index in [0.29, 0.717) is 5.02 Å². The molecule has 0 amide bonds. The molecule has 0 radical (unpaired) electrons. The lowest BCUT2D eigenvalue weighted by molar-refractivity contribution is -0.141. The summed E-state index contributed by atoms with van der Waals surface area (Å²) < 4.78 is 10.9. The Morgan fingerprint density at radius 3 is 3.17 bits per heavy atom. The van der Waals surface area contributed by atoms with Crippen LogP contribution in [0.15, 0.2) is 23.8 Å². The van der Waals surface area contributed by atoms with E-state index >= 15 is 0 Å². The van der Waals surface area contributed by atoms with Gasteiger partial charge in [-0.25, -0.2) is 4.84 Å². The number of hydrogen-bond donors (Lipinski definition) is 1. The number of fused-ring (bicyclic) bond motifs is 1. The molecule has 0 aromatic heterocycles. The molecule has 0 aliphatic carbocycles. The van der Waals surface area contributed by atoms with E-state index < -0.39 is 0 Å². The molecule has 0 spiro atoms. The zero-order valence-electron chi connectivity index (χ0n) is 10.0. The predicted octanol–water partition coefficient (Wildman–Crippen LogP) is 2.73. The first-order chi connectivity index (χ1) is 8.79. The number of benzene rings is 1. The summed E-state index contributed by atoms with van der Waals surface area (Å²) in [6.07, 6.45) is 1.68. The lowest BCUT2D eigenvalue weighted by Crippen LogP contribution is -2.22. The van der Waals surface area contributed by atoms with E-state index in [1.165, 1.54) is 0 Å². The van der Waals surface area contributed by atoms with E-state index in [-0.39, 0.29) is 6.29 Å². The summed E-state index contributed by atoms with van der Waals surface area (Å²) >= 11 is 6.05. The van der Waals surface area contributed by atoms with Crippen LogP contribution in [0, 0.1) is 0 Å². The topological polar surface area (TPSA) is 39.7 Å². The normalized spacial score (nSPS) is 22.7. The average molecular weight is 268 g/mol. The fourth-order valence-corrected chi connectivity index (χ4v) is 2.47. The number of ether oxygens (including phenoxy) is 2. The van der Waals surface area contributed by atoms with E-state index in [1.807, 2.05) is 12.1 Å². The van der Waals surface area contributed by atoms with Crippen molar-refractivity contribution in [1.82, 2.24) is 5.48 Å². The van der Waals surface area contributed by atoms with Gasteiger partial charge >= 0.3 is 0 Å². The third-order valence-electron chi connectivity index (χ3n) is 3.16. The summed E-state index contributed by atoms with van der Waals surface area (Å²) in [4.78, 5) is 5.42. The van der Waals surface area contributed by atoms with Gasteiger partial charge in [0.2, 0.25) is 6.29 Å². The highest BCUT2D eigenvalue weighted by Crippen LogP contribution is 2.37. The smallest absolute Gasteiger partial charge is 0.208 e. The Kier molecular flexibility index (Phi) is 3.16. The molecule has 2 aliphatic rings. The summed E-state index contributed by atoms with van der Waals surface area (Å²) in [7, 11) is 1.64. The molecule has 96 valence electrons. The first kappa shape index (κ1) is 11.8. The Labute approximate surface area is 110 Å². The quantitative estimate of drug-likeness (QED) is 0.894. The van der Waals surface area contributed by atoms with Gasteiger partial charge in [-0.15, -0.1) is 0 Å². The molecule has 1 fully saturated rings. The van der Waals surface area contributed by atoms with E-state index in [2.05, 4.69) is 5.48 Å². The second-order valence-corrected chi connectivity index (χ2v) is 4.71. The fraction of sp³-hybridized carbons (Fsp3) is 0.385. The monoisotopic (exact) mass is 267 g/mol.